The fraction of sp³-hybridized carbons (Fsp3) is 0.417. The van der Waals surface area contributed by atoms with Crippen LogP contribution < -0.4 is 5.32 Å². The van der Waals surface area contributed by atoms with E-state index in [1.807, 2.05) is 6.92 Å². The van der Waals surface area contributed by atoms with Crippen molar-refractivity contribution in [2.24, 2.45) is 0 Å². The summed E-state index contributed by atoms with van der Waals surface area (Å²) in [4.78, 5) is 11.2. The highest BCUT2D eigenvalue weighted by atomic mass is 33.1. The summed E-state index contributed by atoms with van der Waals surface area (Å²) in [5.41, 5.74) is 0.490. The van der Waals surface area contributed by atoms with E-state index >= 15 is 0 Å². The first kappa shape index (κ1) is 15.8. The fourth-order valence-electron chi connectivity index (χ4n) is 1.25. The Morgan fingerprint density at radius 2 is 1.95 bits per heavy atom. The molecule has 5 nitrogen and oxygen atoms in total. The monoisotopic (exact) mass is 303 g/mol. The number of hydrogen-bond acceptors (Lipinski definition) is 5. The van der Waals surface area contributed by atoms with Gasteiger partial charge in [-0.05, 0) is 41.5 Å². The minimum Gasteiger partial charge on any atom is -0.453 e. The van der Waals surface area contributed by atoms with Crippen LogP contribution in [0.1, 0.15) is 19.8 Å². The topological polar surface area (TPSA) is 72.5 Å². The van der Waals surface area contributed by atoms with Gasteiger partial charge in [-0.25, -0.2) is 13.2 Å². The third-order valence-corrected chi connectivity index (χ3v) is 5.93. The number of anilines is 1. The van der Waals surface area contributed by atoms with Crippen molar-refractivity contribution in [3.63, 3.8) is 0 Å². The van der Waals surface area contributed by atoms with Crippen LogP contribution in [0.3, 0.4) is 0 Å². The Hall–Kier alpha value is -1.21. The average molecular weight is 303 g/mol. The van der Waals surface area contributed by atoms with Crippen molar-refractivity contribution >= 4 is 31.4 Å². The number of carbonyl (C=O) groups excluding carboxylic acids is 1. The molecule has 0 heterocycles. The van der Waals surface area contributed by atoms with Crippen LogP contribution in [0.2, 0.25) is 0 Å². The Bertz CT molecular complexity index is 511. The van der Waals surface area contributed by atoms with Crippen molar-refractivity contribution in [2.45, 2.75) is 24.7 Å². The van der Waals surface area contributed by atoms with Crippen molar-refractivity contribution in [3.8, 4) is 0 Å². The molecule has 0 saturated heterocycles. The molecular formula is C12H17NO4S2. The summed E-state index contributed by atoms with van der Waals surface area (Å²) in [6, 6.07) is 6.01. The van der Waals surface area contributed by atoms with E-state index in [1.165, 1.54) is 31.4 Å². The number of unbranched alkanes of at least 4 members (excludes halogenated alkanes) is 1. The number of hydrogen-bond donors (Lipinski definition) is 1. The second-order valence-electron chi connectivity index (χ2n) is 3.77. The Balaban J connectivity index is 2.72. The summed E-state index contributed by atoms with van der Waals surface area (Å²) in [6.07, 6.45) is 1.24. The Kier molecular flexibility index (Phi) is 6.17. The first-order valence-corrected chi connectivity index (χ1v) is 8.82. The maximum Gasteiger partial charge on any atom is 0.411 e. The minimum absolute atomic E-state index is 0.240. The Labute approximate surface area is 117 Å². The van der Waals surface area contributed by atoms with Gasteiger partial charge in [0.25, 0.3) is 0 Å². The molecule has 0 bridgehead atoms. The van der Waals surface area contributed by atoms with Crippen LogP contribution in [0.5, 0.6) is 0 Å². The number of rotatable bonds is 6. The summed E-state index contributed by atoms with van der Waals surface area (Å²) in [7, 11) is -1.11. The van der Waals surface area contributed by atoms with E-state index in [2.05, 4.69) is 10.1 Å². The Morgan fingerprint density at radius 1 is 1.32 bits per heavy atom. The van der Waals surface area contributed by atoms with Gasteiger partial charge in [0.1, 0.15) is 0 Å². The molecule has 0 aliphatic heterocycles. The minimum atomic E-state index is -3.31. The lowest BCUT2D eigenvalue weighted by atomic mass is 10.3. The molecule has 0 atom stereocenters. The molecule has 0 spiro atoms. The molecule has 1 aromatic carbocycles. The highest BCUT2D eigenvalue weighted by molar-refractivity contribution is 8.72. The van der Waals surface area contributed by atoms with Crippen molar-refractivity contribution in [2.75, 3.05) is 18.2 Å². The third kappa shape index (κ3) is 5.12. The smallest absolute Gasteiger partial charge is 0.411 e. The van der Waals surface area contributed by atoms with Gasteiger partial charge in [0.05, 0.1) is 12.0 Å². The summed E-state index contributed by atoms with van der Waals surface area (Å²) < 4.78 is 28.3. The van der Waals surface area contributed by atoms with Crippen molar-refractivity contribution in [3.05, 3.63) is 24.3 Å². The van der Waals surface area contributed by atoms with Crippen LogP contribution in [0.15, 0.2) is 29.2 Å². The highest BCUT2D eigenvalue weighted by Crippen LogP contribution is 2.25. The van der Waals surface area contributed by atoms with Gasteiger partial charge < -0.3 is 4.74 Å². The van der Waals surface area contributed by atoms with Crippen molar-refractivity contribution in [1.29, 1.82) is 0 Å². The van der Waals surface area contributed by atoms with E-state index in [9.17, 15) is 13.2 Å². The van der Waals surface area contributed by atoms with Crippen LogP contribution in [-0.2, 0) is 13.6 Å². The van der Waals surface area contributed by atoms with Crippen LogP contribution in [0, 0.1) is 0 Å². The standard InChI is InChI=1S/C12H17NO4S2/c1-3-4-9-18-19(15,16)11-7-5-10(6-8-11)13-12(14)17-2/h5-8H,3-4,9H2,1-2H3,(H,13,14). The number of benzene rings is 1. The maximum atomic E-state index is 11.9. The quantitative estimate of drug-likeness (QED) is 0.646. The van der Waals surface area contributed by atoms with Gasteiger partial charge in [0, 0.05) is 11.4 Å². The van der Waals surface area contributed by atoms with Gasteiger partial charge in [-0.3, -0.25) is 5.32 Å². The molecule has 106 valence electrons. The Morgan fingerprint density at radius 3 is 2.47 bits per heavy atom. The zero-order valence-electron chi connectivity index (χ0n) is 10.9. The molecular weight excluding hydrogens is 286 g/mol. The lowest BCUT2D eigenvalue weighted by Gasteiger charge is -2.06. The first-order valence-electron chi connectivity index (χ1n) is 5.84. The number of carbonyl (C=O) groups is 1. The number of methoxy groups -OCH3 is 1. The van der Waals surface area contributed by atoms with Crippen LogP contribution in [0.4, 0.5) is 10.5 Å². The van der Waals surface area contributed by atoms with E-state index < -0.39 is 15.0 Å². The second kappa shape index (κ2) is 7.40. The van der Waals surface area contributed by atoms with Crippen LogP contribution in [-0.4, -0.2) is 27.4 Å². The van der Waals surface area contributed by atoms with E-state index in [-0.39, 0.29) is 4.90 Å². The van der Waals surface area contributed by atoms with Crippen LogP contribution >= 0.6 is 10.8 Å². The molecule has 1 N–H and O–H groups in total. The number of amides is 1. The zero-order valence-corrected chi connectivity index (χ0v) is 12.5. The SMILES string of the molecule is CCCCSS(=O)(=O)c1ccc(NC(=O)OC)cc1. The van der Waals surface area contributed by atoms with E-state index in [0.29, 0.717) is 11.4 Å². The molecule has 0 aliphatic rings. The summed E-state index contributed by atoms with van der Waals surface area (Å²) in [6.45, 7) is 2.01. The molecule has 0 fully saturated rings. The molecule has 1 amide bonds. The van der Waals surface area contributed by atoms with Gasteiger partial charge in [-0.1, -0.05) is 13.3 Å². The second-order valence-corrected chi connectivity index (χ2v) is 7.82. The van der Waals surface area contributed by atoms with E-state index in [4.69, 9.17) is 0 Å². The molecule has 19 heavy (non-hydrogen) atoms. The average Bonchev–Trinajstić information content (AvgIpc) is 2.39. The lowest BCUT2D eigenvalue weighted by molar-refractivity contribution is 0.187. The van der Waals surface area contributed by atoms with E-state index in [1.54, 1.807) is 0 Å². The predicted molar refractivity (Wildman–Crippen MR) is 77.0 cm³/mol. The normalized spacial score (nSPS) is 11.1. The first-order chi connectivity index (χ1) is 8.99. The molecule has 1 aromatic rings. The number of nitrogens with one attached hydrogen (secondary N) is 1. The molecule has 0 radical (unpaired) electrons. The summed E-state index contributed by atoms with van der Waals surface area (Å²) in [5.74, 6) is 0.584. The molecule has 7 heteroatoms. The van der Waals surface area contributed by atoms with Gasteiger partial charge in [-0.2, -0.15) is 0 Å². The third-order valence-electron chi connectivity index (χ3n) is 2.31. The van der Waals surface area contributed by atoms with Gasteiger partial charge in [0.2, 0.25) is 8.87 Å². The van der Waals surface area contributed by atoms with Crippen molar-refractivity contribution in [1.82, 2.24) is 0 Å². The van der Waals surface area contributed by atoms with Crippen LogP contribution in [0.25, 0.3) is 0 Å². The van der Waals surface area contributed by atoms with Crippen molar-refractivity contribution < 1.29 is 17.9 Å². The zero-order chi connectivity index (χ0) is 14.3. The van der Waals surface area contributed by atoms with Gasteiger partial charge >= 0.3 is 6.09 Å². The lowest BCUT2D eigenvalue weighted by Crippen LogP contribution is -2.10. The largest absolute Gasteiger partial charge is 0.453 e. The van der Waals surface area contributed by atoms with Gasteiger partial charge in [-0.15, -0.1) is 0 Å². The fourth-order valence-corrected chi connectivity index (χ4v) is 4.24. The molecule has 0 aromatic heterocycles. The highest BCUT2D eigenvalue weighted by Gasteiger charge is 2.14. The summed E-state index contributed by atoms with van der Waals surface area (Å²) >= 11 is 0. The van der Waals surface area contributed by atoms with Gasteiger partial charge in [0.15, 0.2) is 0 Å². The predicted octanol–water partition coefficient (Wildman–Crippen LogP) is 3.09. The number of ether oxygens (including phenoxy) is 1. The molecule has 0 saturated carbocycles. The summed E-state index contributed by atoms with van der Waals surface area (Å²) in [5, 5.41) is 2.46. The van der Waals surface area contributed by atoms with E-state index in [0.717, 1.165) is 23.6 Å². The molecule has 1 rings (SSSR count). The maximum absolute atomic E-state index is 11.9. The molecule has 0 unspecified atom stereocenters. The molecule has 0 aliphatic carbocycles.